The summed E-state index contributed by atoms with van der Waals surface area (Å²) in [7, 11) is 0. The lowest BCUT2D eigenvalue weighted by Crippen LogP contribution is -2.48. The quantitative estimate of drug-likeness (QED) is 0.303. The summed E-state index contributed by atoms with van der Waals surface area (Å²) >= 11 is 0. The van der Waals surface area contributed by atoms with Gasteiger partial charge in [0.1, 0.15) is 17.1 Å². The van der Waals surface area contributed by atoms with Gasteiger partial charge in [-0.2, -0.15) is 0 Å². The zero-order chi connectivity index (χ0) is 19.1. The fraction of sp³-hybridized carbons (Fsp3) is 0.571. The molecule has 2 aromatic rings. The molecule has 0 aromatic carbocycles. The van der Waals surface area contributed by atoms with E-state index in [9.17, 15) is 5.11 Å². The zero-order valence-electron chi connectivity index (χ0n) is 16.7. The minimum atomic E-state index is -1.14. The molecule has 3 N–H and O–H groups in total. The second-order valence-corrected chi connectivity index (χ2v) is 7.68. The van der Waals surface area contributed by atoms with Crippen molar-refractivity contribution in [1.82, 2.24) is 10.6 Å². The summed E-state index contributed by atoms with van der Waals surface area (Å²) in [5.41, 5.74) is -1.14. The fourth-order valence-electron chi connectivity index (χ4n) is 3.51. The number of hydrogen-bond donors (Lipinski definition) is 3. The van der Waals surface area contributed by atoms with Crippen LogP contribution in [0.15, 0.2) is 50.6 Å². The van der Waals surface area contributed by atoms with E-state index in [0.717, 1.165) is 24.6 Å². The van der Waals surface area contributed by atoms with Crippen molar-refractivity contribution in [3.05, 3.63) is 48.3 Å². The Morgan fingerprint density at radius 2 is 1.96 bits per heavy atom. The van der Waals surface area contributed by atoms with E-state index in [0.29, 0.717) is 24.3 Å². The number of nitrogens with one attached hydrogen (secondary N) is 2. The van der Waals surface area contributed by atoms with Crippen LogP contribution >= 0.6 is 24.0 Å². The van der Waals surface area contributed by atoms with Crippen molar-refractivity contribution < 1.29 is 13.9 Å². The molecule has 3 unspecified atom stereocenters. The fourth-order valence-corrected chi connectivity index (χ4v) is 3.51. The highest BCUT2D eigenvalue weighted by molar-refractivity contribution is 14.0. The Balaban J connectivity index is 0.00000280. The van der Waals surface area contributed by atoms with Gasteiger partial charge in [-0.3, -0.25) is 0 Å². The number of aliphatic hydroxyl groups is 1. The van der Waals surface area contributed by atoms with Crippen LogP contribution in [0.1, 0.15) is 51.1 Å². The smallest absolute Gasteiger partial charge is 0.191 e. The van der Waals surface area contributed by atoms with E-state index in [2.05, 4.69) is 22.5 Å². The Morgan fingerprint density at radius 1 is 1.21 bits per heavy atom. The van der Waals surface area contributed by atoms with E-state index in [-0.39, 0.29) is 30.5 Å². The van der Waals surface area contributed by atoms with Gasteiger partial charge in [0.15, 0.2) is 5.96 Å². The van der Waals surface area contributed by atoms with Crippen molar-refractivity contribution in [3.8, 4) is 0 Å². The summed E-state index contributed by atoms with van der Waals surface area (Å²) in [4.78, 5) is 4.65. The molecule has 0 radical (unpaired) electrons. The van der Waals surface area contributed by atoms with Crippen LogP contribution in [0.2, 0.25) is 0 Å². The monoisotopic (exact) mass is 501 g/mol. The molecule has 28 heavy (non-hydrogen) atoms. The van der Waals surface area contributed by atoms with Crippen molar-refractivity contribution in [1.29, 1.82) is 0 Å². The molecule has 2 heterocycles. The predicted octanol–water partition coefficient (Wildman–Crippen LogP) is 4.05. The molecule has 0 spiro atoms. The van der Waals surface area contributed by atoms with Crippen molar-refractivity contribution in [2.45, 2.75) is 57.6 Å². The van der Waals surface area contributed by atoms with Crippen molar-refractivity contribution in [2.24, 2.45) is 10.9 Å². The summed E-state index contributed by atoms with van der Waals surface area (Å²) in [6.07, 6.45) is 8.96. The van der Waals surface area contributed by atoms with E-state index >= 15 is 0 Å². The third kappa shape index (κ3) is 6.55. The molecule has 1 saturated carbocycles. The van der Waals surface area contributed by atoms with Gasteiger partial charge in [-0.05, 0) is 49.9 Å². The third-order valence-electron chi connectivity index (χ3n) is 5.27. The summed E-state index contributed by atoms with van der Waals surface area (Å²) in [5, 5.41) is 17.6. The lowest BCUT2D eigenvalue weighted by molar-refractivity contribution is 0.0436. The number of guanidine groups is 1. The molecule has 7 heteroatoms. The minimum absolute atomic E-state index is 0. The maximum absolute atomic E-state index is 10.7. The Bertz CT molecular complexity index is 699. The molecular formula is C21H32IN3O3. The molecule has 1 fully saturated rings. The molecule has 0 aliphatic heterocycles. The van der Waals surface area contributed by atoms with Gasteiger partial charge < -0.3 is 24.6 Å². The normalized spacial score (nSPS) is 22.2. The maximum Gasteiger partial charge on any atom is 0.191 e. The highest BCUT2D eigenvalue weighted by atomic mass is 127. The van der Waals surface area contributed by atoms with Gasteiger partial charge >= 0.3 is 0 Å². The average molecular weight is 501 g/mol. The van der Waals surface area contributed by atoms with Gasteiger partial charge in [-0.15, -0.1) is 24.0 Å². The first kappa shape index (κ1) is 22.8. The molecule has 156 valence electrons. The van der Waals surface area contributed by atoms with Crippen LogP contribution in [0.4, 0.5) is 0 Å². The summed E-state index contributed by atoms with van der Waals surface area (Å²) in [6, 6.07) is 7.82. The number of furan rings is 2. The van der Waals surface area contributed by atoms with Crippen molar-refractivity contribution in [2.75, 3.05) is 13.1 Å². The van der Waals surface area contributed by atoms with E-state index in [4.69, 9.17) is 8.83 Å². The van der Waals surface area contributed by atoms with Crippen LogP contribution in [0.3, 0.4) is 0 Å². The Hall–Kier alpha value is -1.48. The first-order chi connectivity index (χ1) is 13.0. The van der Waals surface area contributed by atoms with Crippen LogP contribution in [0.5, 0.6) is 0 Å². The Kier molecular flexibility index (Phi) is 8.88. The number of rotatable bonds is 7. The van der Waals surface area contributed by atoms with Gasteiger partial charge in [0.05, 0.1) is 19.1 Å². The molecule has 0 bridgehead atoms. The van der Waals surface area contributed by atoms with E-state index < -0.39 is 5.60 Å². The molecule has 2 aromatic heterocycles. The van der Waals surface area contributed by atoms with E-state index in [1.54, 1.807) is 31.6 Å². The molecule has 0 amide bonds. The van der Waals surface area contributed by atoms with Crippen LogP contribution in [-0.2, 0) is 12.0 Å². The summed E-state index contributed by atoms with van der Waals surface area (Å²) < 4.78 is 10.7. The van der Waals surface area contributed by atoms with Gasteiger partial charge in [-0.25, -0.2) is 4.99 Å². The first-order valence-electron chi connectivity index (χ1n) is 9.88. The SMILES string of the molecule is CC1CCCCC1NC(=NCC(C)(O)c1ccco1)NCCc1ccco1.I. The standard InChI is InChI=1S/C21H31N3O3.HI/c1-16-7-3-4-9-18(16)24-20(22-12-11-17-8-5-13-26-17)23-15-21(2,25)19-10-6-14-27-19;/h5-6,8,10,13-14,16,18,25H,3-4,7,9,11-12,15H2,1-2H3,(H2,22,23,24);1H. The number of nitrogens with zero attached hydrogens (tertiary/aromatic N) is 1. The third-order valence-corrected chi connectivity index (χ3v) is 5.27. The van der Waals surface area contributed by atoms with Gasteiger partial charge in [0.2, 0.25) is 0 Å². The number of hydrogen-bond acceptors (Lipinski definition) is 4. The number of halogens is 1. The molecule has 6 nitrogen and oxygen atoms in total. The van der Waals surface area contributed by atoms with Gasteiger partial charge in [0.25, 0.3) is 0 Å². The molecule has 1 aliphatic carbocycles. The zero-order valence-corrected chi connectivity index (χ0v) is 19.0. The van der Waals surface area contributed by atoms with Gasteiger partial charge in [0, 0.05) is 19.0 Å². The maximum atomic E-state index is 10.7. The van der Waals surface area contributed by atoms with E-state index in [1.165, 1.54) is 19.3 Å². The highest BCUT2D eigenvalue weighted by Gasteiger charge is 2.27. The lowest BCUT2D eigenvalue weighted by Gasteiger charge is -2.31. The second-order valence-electron chi connectivity index (χ2n) is 7.68. The van der Waals surface area contributed by atoms with Gasteiger partial charge in [-0.1, -0.05) is 19.8 Å². The first-order valence-corrected chi connectivity index (χ1v) is 9.88. The Labute approximate surface area is 184 Å². The van der Waals surface area contributed by atoms with E-state index in [1.807, 2.05) is 12.1 Å². The highest BCUT2D eigenvalue weighted by Crippen LogP contribution is 2.24. The summed E-state index contributed by atoms with van der Waals surface area (Å²) in [6.45, 7) is 4.94. The predicted molar refractivity (Wildman–Crippen MR) is 121 cm³/mol. The largest absolute Gasteiger partial charge is 0.469 e. The van der Waals surface area contributed by atoms with Crippen molar-refractivity contribution >= 4 is 29.9 Å². The molecule has 0 saturated heterocycles. The topological polar surface area (TPSA) is 82.9 Å². The van der Waals surface area contributed by atoms with Crippen LogP contribution in [0.25, 0.3) is 0 Å². The Morgan fingerprint density at radius 3 is 2.64 bits per heavy atom. The van der Waals surface area contributed by atoms with Crippen LogP contribution in [-0.4, -0.2) is 30.2 Å². The van der Waals surface area contributed by atoms with Crippen molar-refractivity contribution in [3.63, 3.8) is 0 Å². The summed E-state index contributed by atoms with van der Waals surface area (Å²) in [5.74, 6) is 2.80. The molecular weight excluding hydrogens is 469 g/mol. The second kappa shape index (κ2) is 10.9. The average Bonchev–Trinajstić information content (AvgIpc) is 3.35. The molecule has 3 rings (SSSR count). The number of aliphatic imine (C=N–C) groups is 1. The van der Waals surface area contributed by atoms with Crippen LogP contribution < -0.4 is 10.6 Å². The minimum Gasteiger partial charge on any atom is -0.469 e. The van der Waals surface area contributed by atoms with Crippen LogP contribution in [0, 0.1) is 5.92 Å². The lowest BCUT2D eigenvalue weighted by atomic mass is 9.86. The molecule has 3 atom stereocenters. The molecule has 1 aliphatic rings.